The largest absolute Gasteiger partial charge is 0.447 e. The predicted molar refractivity (Wildman–Crippen MR) is 79.5 cm³/mol. The number of rotatable bonds is 9. The first-order valence-electron chi connectivity index (χ1n) is 7.35. The van der Waals surface area contributed by atoms with E-state index in [-0.39, 0.29) is 17.2 Å². The second kappa shape index (κ2) is 6.91. The second-order valence-corrected chi connectivity index (χ2v) is 7.16. The number of hydrogen-bond acceptors (Lipinski definition) is 5. The number of ether oxygens (including phenoxy) is 1. The van der Waals surface area contributed by atoms with Crippen molar-refractivity contribution in [1.82, 2.24) is 10.0 Å². The summed E-state index contributed by atoms with van der Waals surface area (Å²) in [7, 11) is -1.99. The highest BCUT2D eigenvalue weighted by Gasteiger charge is 2.38. The van der Waals surface area contributed by atoms with Crippen LogP contribution in [-0.2, 0) is 21.3 Å². The Hall–Kier alpha value is -0.890. The van der Waals surface area contributed by atoms with Crippen LogP contribution >= 0.6 is 0 Å². The zero-order chi connectivity index (χ0) is 15.3. The van der Waals surface area contributed by atoms with Crippen molar-refractivity contribution >= 4 is 10.0 Å². The van der Waals surface area contributed by atoms with Gasteiger partial charge in [0.2, 0.25) is 5.09 Å². The third kappa shape index (κ3) is 4.06. The van der Waals surface area contributed by atoms with Gasteiger partial charge in [0.05, 0.1) is 12.1 Å². The highest BCUT2D eigenvalue weighted by atomic mass is 32.2. The second-order valence-electron chi connectivity index (χ2n) is 5.46. The standard InChI is InChI=1S/C14H24N2O4S/c1-3-9-15-10-12-5-6-13(20-12)21(17,18)16-11-14(19-2)7-4-8-14/h5-6,15-16H,3-4,7-11H2,1-2H3. The van der Waals surface area contributed by atoms with Gasteiger partial charge in [-0.25, -0.2) is 13.1 Å². The minimum Gasteiger partial charge on any atom is -0.447 e. The SMILES string of the molecule is CCCNCc1ccc(S(=O)(=O)NCC2(OC)CCC2)o1. The van der Waals surface area contributed by atoms with Crippen LogP contribution in [0.1, 0.15) is 38.4 Å². The fraction of sp³-hybridized carbons (Fsp3) is 0.714. The molecule has 1 aromatic rings. The van der Waals surface area contributed by atoms with E-state index in [4.69, 9.17) is 9.15 Å². The Morgan fingerprint density at radius 2 is 2.14 bits per heavy atom. The molecular formula is C14H24N2O4S. The van der Waals surface area contributed by atoms with Crippen LogP contribution in [0.4, 0.5) is 0 Å². The average molecular weight is 316 g/mol. The first kappa shape index (κ1) is 16.5. The van der Waals surface area contributed by atoms with Crippen LogP contribution in [0.25, 0.3) is 0 Å². The topological polar surface area (TPSA) is 80.6 Å². The maximum Gasteiger partial charge on any atom is 0.274 e. The minimum absolute atomic E-state index is 0.0404. The van der Waals surface area contributed by atoms with E-state index in [0.717, 1.165) is 32.2 Å². The van der Waals surface area contributed by atoms with Crippen molar-refractivity contribution in [3.05, 3.63) is 17.9 Å². The van der Waals surface area contributed by atoms with Gasteiger partial charge in [0, 0.05) is 13.7 Å². The quantitative estimate of drug-likeness (QED) is 0.677. The Bertz CT molecular complexity index is 544. The zero-order valence-corrected chi connectivity index (χ0v) is 13.5. The van der Waals surface area contributed by atoms with Gasteiger partial charge in [-0.05, 0) is 44.4 Å². The molecule has 1 saturated carbocycles. The fourth-order valence-electron chi connectivity index (χ4n) is 2.31. The van der Waals surface area contributed by atoms with E-state index in [1.54, 1.807) is 13.2 Å². The first-order chi connectivity index (χ1) is 10.0. The summed E-state index contributed by atoms with van der Waals surface area (Å²) in [5.74, 6) is 0.619. The van der Waals surface area contributed by atoms with E-state index >= 15 is 0 Å². The van der Waals surface area contributed by atoms with Crippen molar-refractivity contribution in [2.75, 3.05) is 20.2 Å². The normalized spacial score (nSPS) is 17.6. The molecule has 21 heavy (non-hydrogen) atoms. The molecule has 0 aliphatic heterocycles. The van der Waals surface area contributed by atoms with Crippen LogP contribution in [0.15, 0.2) is 21.6 Å². The van der Waals surface area contributed by atoms with Crippen LogP contribution in [-0.4, -0.2) is 34.2 Å². The van der Waals surface area contributed by atoms with E-state index in [2.05, 4.69) is 17.0 Å². The molecule has 7 heteroatoms. The van der Waals surface area contributed by atoms with Crippen LogP contribution in [0.2, 0.25) is 0 Å². The fourth-order valence-corrected chi connectivity index (χ4v) is 3.37. The van der Waals surface area contributed by atoms with Gasteiger partial charge >= 0.3 is 0 Å². The number of nitrogens with one attached hydrogen (secondary N) is 2. The van der Waals surface area contributed by atoms with Crippen molar-refractivity contribution in [3.63, 3.8) is 0 Å². The highest BCUT2D eigenvalue weighted by Crippen LogP contribution is 2.34. The van der Waals surface area contributed by atoms with Gasteiger partial charge in [-0.15, -0.1) is 0 Å². The van der Waals surface area contributed by atoms with Gasteiger partial charge < -0.3 is 14.5 Å². The molecule has 0 aromatic carbocycles. The smallest absolute Gasteiger partial charge is 0.274 e. The van der Waals surface area contributed by atoms with Crippen molar-refractivity contribution < 1.29 is 17.6 Å². The lowest BCUT2D eigenvalue weighted by molar-refractivity contribution is -0.0659. The predicted octanol–water partition coefficient (Wildman–Crippen LogP) is 1.63. The average Bonchev–Trinajstić information content (AvgIpc) is 2.88. The Morgan fingerprint density at radius 1 is 1.38 bits per heavy atom. The molecule has 2 N–H and O–H groups in total. The lowest BCUT2D eigenvalue weighted by Gasteiger charge is -2.40. The van der Waals surface area contributed by atoms with Crippen molar-refractivity contribution in [3.8, 4) is 0 Å². The van der Waals surface area contributed by atoms with Gasteiger partial charge in [-0.1, -0.05) is 6.92 Å². The molecule has 1 aliphatic rings. The van der Waals surface area contributed by atoms with Gasteiger partial charge in [0.25, 0.3) is 10.0 Å². The summed E-state index contributed by atoms with van der Waals surface area (Å²) in [5, 5.41) is 3.13. The maximum absolute atomic E-state index is 12.2. The van der Waals surface area contributed by atoms with E-state index in [9.17, 15) is 8.42 Å². The highest BCUT2D eigenvalue weighted by molar-refractivity contribution is 7.89. The summed E-state index contributed by atoms with van der Waals surface area (Å²) in [4.78, 5) is 0. The molecule has 6 nitrogen and oxygen atoms in total. The summed E-state index contributed by atoms with van der Waals surface area (Å²) in [5.41, 5.74) is -0.342. The molecule has 1 aromatic heterocycles. The molecule has 0 amide bonds. The molecule has 0 radical (unpaired) electrons. The van der Waals surface area contributed by atoms with Crippen molar-refractivity contribution in [2.24, 2.45) is 0 Å². The van der Waals surface area contributed by atoms with Gasteiger partial charge in [0.1, 0.15) is 5.76 Å². The molecule has 120 valence electrons. The lowest BCUT2D eigenvalue weighted by Crippen LogP contribution is -2.49. The molecule has 0 unspecified atom stereocenters. The molecule has 1 aliphatic carbocycles. The van der Waals surface area contributed by atoms with E-state index in [0.29, 0.717) is 12.3 Å². The molecule has 0 saturated heterocycles. The maximum atomic E-state index is 12.2. The first-order valence-corrected chi connectivity index (χ1v) is 8.84. The molecule has 2 rings (SSSR count). The molecular weight excluding hydrogens is 292 g/mol. The Labute approximate surface area is 126 Å². The third-order valence-corrected chi connectivity index (χ3v) is 5.18. The van der Waals surface area contributed by atoms with Crippen molar-refractivity contribution in [2.45, 2.75) is 49.8 Å². The van der Waals surface area contributed by atoms with E-state index in [1.807, 2.05) is 0 Å². The van der Waals surface area contributed by atoms with Crippen LogP contribution in [0, 0.1) is 0 Å². The minimum atomic E-state index is -3.61. The van der Waals surface area contributed by atoms with Gasteiger partial charge in [-0.2, -0.15) is 0 Å². The number of hydrogen-bond donors (Lipinski definition) is 2. The zero-order valence-electron chi connectivity index (χ0n) is 12.6. The van der Waals surface area contributed by atoms with Crippen molar-refractivity contribution in [1.29, 1.82) is 0 Å². The molecule has 0 bridgehead atoms. The molecule has 0 atom stereocenters. The molecule has 0 spiro atoms. The monoisotopic (exact) mass is 316 g/mol. The van der Waals surface area contributed by atoms with Gasteiger partial charge in [0.15, 0.2) is 0 Å². The molecule has 1 heterocycles. The number of methoxy groups -OCH3 is 1. The lowest BCUT2D eigenvalue weighted by atomic mass is 9.80. The van der Waals surface area contributed by atoms with Crippen LogP contribution in [0.3, 0.4) is 0 Å². The summed E-state index contributed by atoms with van der Waals surface area (Å²) >= 11 is 0. The summed E-state index contributed by atoms with van der Waals surface area (Å²) in [6.07, 6.45) is 3.86. The molecule has 1 fully saturated rings. The summed E-state index contributed by atoms with van der Waals surface area (Å²) in [6.45, 7) is 3.76. The Balaban J connectivity index is 1.93. The third-order valence-electron chi connectivity index (χ3n) is 3.91. The summed E-state index contributed by atoms with van der Waals surface area (Å²) < 4.78 is 37.8. The van der Waals surface area contributed by atoms with E-state index < -0.39 is 10.0 Å². The van der Waals surface area contributed by atoms with Crippen LogP contribution < -0.4 is 10.0 Å². The number of furan rings is 1. The Kier molecular flexibility index (Phi) is 5.43. The van der Waals surface area contributed by atoms with Crippen LogP contribution in [0.5, 0.6) is 0 Å². The summed E-state index contributed by atoms with van der Waals surface area (Å²) in [6, 6.07) is 3.18. The van der Waals surface area contributed by atoms with E-state index in [1.165, 1.54) is 6.07 Å². The Morgan fingerprint density at radius 3 is 2.71 bits per heavy atom. The number of sulfonamides is 1. The van der Waals surface area contributed by atoms with Gasteiger partial charge in [-0.3, -0.25) is 0 Å².